The highest BCUT2D eigenvalue weighted by atomic mass is 32.2. The van der Waals surface area contributed by atoms with E-state index in [9.17, 15) is 16.8 Å². The van der Waals surface area contributed by atoms with Gasteiger partial charge in [-0.25, -0.2) is 21.6 Å². The van der Waals surface area contributed by atoms with Crippen LogP contribution in [0.1, 0.15) is 25.7 Å². The molecule has 1 fully saturated rings. The molecule has 0 amide bonds. The quantitative estimate of drug-likeness (QED) is 0.743. The minimum atomic E-state index is -3.43. The normalized spacial score (nSPS) is 19.5. The number of sulfone groups is 1. The molecule has 0 saturated heterocycles. The molecule has 5 nitrogen and oxygen atoms in total. The maximum absolute atomic E-state index is 11.5. The Morgan fingerprint density at radius 3 is 2.07 bits per heavy atom. The van der Waals surface area contributed by atoms with Crippen LogP contribution in [0.4, 0.5) is 0 Å². The van der Waals surface area contributed by atoms with Crippen molar-refractivity contribution >= 4 is 19.9 Å². The number of hydrogen-bond acceptors (Lipinski definition) is 4. The molecule has 0 aliphatic heterocycles. The summed E-state index contributed by atoms with van der Waals surface area (Å²) in [5, 5.41) is 0. The van der Waals surface area contributed by atoms with Crippen molar-refractivity contribution in [1.29, 1.82) is 0 Å². The van der Waals surface area contributed by atoms with Gasteiger partial charge in [0.05, 0.1) is 11.5 Å². The van der Waals surface area contributed by atoms with E-state index in [0.717, 1.165) is 31.9 Å². The summed E-state index contributed by atoms with van der Waals surface area (Å²) in [7, 11) is -6.64. The molecule has 0 radical (unpaired) electrons. The first-order valence-corrected chi connectivity index (χ1v) is 8.67. The van der Waals surface area contributed by atoms with Crippen LogP contribution in [0.15, 0.2) is 0 Å². The summed E-state index contributed by atoms with van der Waals surface area (Å²) in [6, 6.07) is 0.00885. The maximum atomic E-state index is 11.5. The van der Waals surface area contributed by atoms with Gasteiger partial charge in [0.1, 0.15) is 9.84 Å². The van der Waals surface area contributed by atoms with Crippen LogP contribution in [0, 0.1) is 0 Å². The monoisotopic (exact) mass is 255 g/mol. The van der Waals surface area contributed by atoms with Gasteiger partial charge in [-0.05, 0) is 12.8 Å². The Kier molecular flexibility index (Phi) is 4.13. The summed E-state index contributed by atoms with van der Waals surface area (Å²) < 4.78 is 47.1. The van der Waals surface area contributed by atoms with Crippen molar-refractivity contribution in [3.8, 4) is 0 Å². The summed E-state index contributed by atoms with van der Waals surface area (Å²) in [4.78, 5) is 0. The molecule has 1 rings (SSSR count). The molecule has 1 aliphatic carbocycles. The molecule has 7 heteroatoms. The molecule has 0 bridgehead atoms. The van der Waals surface area contributed by atoms with Crippen molar-refractivity contribution in [2.45, 2.75) is 31.7 Å². The van der Waals surface area contributed by atoms with E-state index in [-0.39, 0.29) is 17.5 Å². The van der Waals surface area contributed by atoms with Gasteiger partial charge in [0.2, 0.25) is 10.0 Å². The van der Waals surface area contributed by atoms with Gasteiger partial charge in [0.15, 0.2) is 0 Å². The first-order chi connectivity index (χ1) is 6.79. The molecule has 1 saturated carbocycles. The van der Waals surface area contributed by atoms with Crippen molar-refractivity contribution in [1.82, 2.24) is 4.72 Å². The van der Waals surface area contributed by atoms with Gasteiger partial charge in [-0.3, -0.25) is 0 Å². The third kappa shape index (κ3) is 5.48. The molecule has 0 aromatic rings. The lowest BCUT2D eigenvalue weighted by atomic mass is 10.3. The van der Waals surface area contributed by atoms with Gasteiger partial charge in [-0.1, -0.05) is 12.8 Å². The van der Waals surface area contributed by atoms with Crippen LogP contribution in [-0.4, -0.2) is 40.6 Å². The van der Waals surface area contributed by atoms with Crippen LogP contribution in [0.2, 0.25) is 0 Å². The first-order valence-electron chi connectivity index (χ1n) is 4.96. The molecule has 90 valence electrons. The SMILES string of the molecule is CS(=O)(=O)CCS(=O)(=O)NC1CCCC1. The van der Waals surface area contributed by atoms with E-state index in [4.69, 9.17) is 0 Å². The van der Waals surface area contributed by atoms with Crippen LogP contribution < -0.4 is 4.72 Å². The highest BCUT2D eigenvalue weighted by Gasteiger charge is 2.22. The fourth-order valence-corrected chi connectivity index (χ4v) is 4.57. The maximum Gasteiger partial charge on any atom is 0.212 e. The lowest BCUT2D eigenvalue weighted by molar-refractivity contribution is 0.552. The van der Waals surface area contributed by atoms with Gasteiger partial charge in [0.25, 0.3) is 0 Å². The summed E-state index contributed by atoms with van der Waals surface area (Å²) >= 11 is 0. The molecule has 0 spiro atoms. The largest absolute Gasteiger partial charge is 0.229 e. The Hall–Kier alpha value is -0.140. The molecule has 0 aromatic heterocycles. The lowest BCUT2D eigenvalue weighted by Gasteiger charge is -2.11. The predicted octanol–water partition coefficient (Wildman–Crippen LogP) is -0.107. The van der Waals surface area contributed by atoms with Crippen LogP contribution in [0.5, 0.6) is 0 Å². The van der Waals surface area contributed by atoms with E-state index in [1.54, 1.807) is 0 Å². The van der Waals surface area contributed by atoms with Crippen LogP contribution in [0.25, 0.3) is 0 Å². The second-order valence-corrected chi connectivity index (χ2v) is 8.18. The van der Waals surface area contributed by atoms with Gasteiger partial charge < -0.3 is 0 Å². The van der Waals surface area contributed by atoms with Crippen molar-refractivity contribution in [2.75, 3.05) is 17.8 Å². The van der Waals surface area contributed by atoms with E-state index in [2.05, 4.69) is 4.72 Å². The average Bonchev–Trinajstić information content (AvgIpc) is 2.52. The smallest absolute Gasteiger partial charge is 0.212 e. The second-order valence-electron chi connectivity index (χ2n) is 4.05. The van der Waals surface area contributed by atoms with E-state index < -0.39 is 19.9 Å². The zero-order valence-corrected chi connectivity index (χ0v) is 10.4. The average molecular weight is 255 g/mol. The molecule has 1 aliphatic rings. The molecule has 0 aromatic carbocycles. The minimum Gasteiger partial charge on any atom is -0.229 e. The molecule has 15 heavy (non-hydrogen) atoms. The molecule has 1 N–H and O–H groups in total. The van der Waals surface area contributed by atoms with E-state index >= 15 is 0 Å². The molecule has 0 unspecified atom stereocenters. The van der Waals surface area contributed by atoms with E-state index in [0.29, 0.717) is 0 Å². The second kappa shape index (κ2) is 4.80. The van der Waals surface area contributed by atoms with Gasteiger partial charge in [-0.2, -0.15) is 0 Å². The van der Waals surface area contributed by atoms with E-state index in [1.807, 2.05) is 0 Å². The van der Waals surface area contributed by atoms with Crippen molar-refractivity contribution in [3.05, 3.63) is 0 Å². The van der Waals surface area contributed by atoms with Crippen LogP contribution in [0.3, 0.4) is 0 Å². The molecular formula is C8H17NO4S2. The third-order valence-electron chi connectivity index (χ3n) is 2.42. The Morgan fingerprint density at radius 1 is 1.07 bits per heavy atom. The first kappa shape index (κ1) is 12.9. The standard InChI is InChI=1S/C8H17NO4S2/c1-14(10,11)6-7-15(12,13)9-8-4-2-3-5-8/h8-9H,2-7H2,1H3. The number of sulfonamides is 1. The zero-order valence-electron chi connectivity index (χ0n) is 8.77. The predicted molar refractivity (Wildman–Crippen MR) is 58.9 cm³/mol. The Balaban J connectivity index is 2.45. The molecule has 0 heterocycles. The Bertz CT molecular complexity index is 392. The summed E-state index contributed by atoms with van der Waals surface area (Å²) in [5.41, 5.74) is 0. The van der Waals surface area contributed by atoms with E-state index in [1.165, 1.54) is 0 Å². The highest BCUT2D eigenvalue weighted by Crippen LogP contribution is 2.18. The van der Waals surface area contributed by atoms with Crippen molar-refractivity contribution in [3.63, 3.8) is 0 Å². The summed E-state index contributed by atoms with van der Waals surface area (Å²) in [6.45, 7) is 0. The fourth-order valence-electron chi connectivity index (χ4n) is 1.62. The highest BCUT2D eigenvalue weighted by molar-refractivity contribution is 7.93. The van der Waals surface area contributed by atoms with Crippen LogP contribution >= 0.6 is 0 Å². The minimum absolute atomic E-state index is 0.00885. The third-order valence-corrected chi connectivity index (χ3v) is 5.06. The summed E-state index contributed by atoms with van der Waals surface area (Å²) in [5.74, 6) is -0.641. The molecular weight excluding hydrogens is 238 g/mol. The lowest BCUT2D eigenvalue weighted by Crippen LogP contribution is -2.36. The van der Waals surface area contributed by atoms with Gasteiger partial charge >= 0.3 is 0 Å². The van der Waals surface area contributed by atoms with Gasteiger partial charge in [0, 0.05) is 12.3 Å². The number of hydrogen-bond donors (Lipinski definition) is 1. The Labute approximate surface area is 91.2 Å². The van der Waals surface area contributed by atoms with Crippen molar-refractivity contribution in [2.24, 2.45) is 0 Å². The number of nitrogens with one attached hydrogen (secondary N) is 1. The molecule has 0 atom stereocenters. The summed E-state index contributed by atoms with van der Waals surface area (Å²) in [6.07, 6.45) is 4.84. The Morgan fingerprint density at radius 2 is 1.60 bits per heavy atom. The fraction of sp³-hybridized carbons (Fsp3) is 1.00. The number of rotatable bonds is 5. The van der Waals surface area contributed by atoms with Crippen LogP contribution in [-0.2, 0) is 19.9 Å². The topological polar surface area (TPSA) is 80.3 Å². The zero-order chi connectivity index (χ0) is 11.5. The van der Waals surface area contributed by atoms with Gasteiger partial charge in [-0.15, -0.1) is 0 Å². The van der Waals surface area contributed by atoms with Crippen molar-refractivity contribution < 1.29 is 16.8 Å².